The Morgan fingerprint density at radius 2 is 2.11 bits per heavy atom. The van der Waals surface area contributed by atoms with Gasteiger partial charge in [0.2, 0.25) is 0 Å². The normalized spacial score (nSPS) is 19.1. The van der Waals surface area contributed by atoms with Crippen LogP contribution >= 0.6 is 0 Å². The van der Waals surface area contributed by atoms with Gasteiger partial charge in [-0.15, -0.1) is 0 Å². The number of piperidine rings is 1. The minimum absolute atomic E-state index is 0.115. The number of aromatic nitrogens is 3. The summed E-state index contributed by atoms with van der Waals surface area (Å²) in [6.45, 7) is 3.85. The number of nitrogens with one attached hydrogen (secondary N) is 2. The number of likely N-dealkylation sites (tertiary alicyclic amines) is 1. The molecule has 2 N–H and O–H groups in total. The fourth-order valence-corrected chi connectivity index (χ4v) is 5.80. The summed E-state index contributed by atoms with van der Waals surface area (Å²) >= 11 is 0. The van der Waals surface area contributed by atoms with Gasteiger partial charge in [-0.05, 0) is 68.0 Å². The summed E-state index contributed by atoms with van der Waals surface area (Å²) in [7, 11) is 1.66. The maximum atomic E-state index is 13.5. The summed E-state index contributed by atoms with van der Waals surface area (Å²) in [5.74, 6) is 0.918. The van der Waals surface area contributed by atoms with Crippen molar-refractivity contribution in [1.82, 2.24) is 24.8 Å². The topological polar surface area (TPSA) is 77.3 Å². The zero-order valence-electron chi connectivity index (χ0n) is 20.8. The van der Waals surface area contributed by atoms with Gasteiger partial charge < -0.3 is 19.6 Å². The molecule has 0 radical (unpaired) electrons. The zero-order valence-corrected chi connectivity index (χ0v) is 20.8. The van der Waals surface area contributed by atoms with Crippen LogP contribution in [0.2, 0.25) is 0 Å². The summed E-state index contributed by atoms with van der Waals surface area (Å²) in [5.41, 5.74) is 5.44. The summed E-state index contributed by atoms with van der Waals surface area (Å²) in [6, 6.07) is 10.2. The Morgan fingerprint density at radius 3 is 2.97 bits per heavy atom. The molecule has 2 aliphatic heterocycles. The van der Waals surface area contributed by atoms with Crippen LogP contribution in [0.15, 0.2) is 55.0 Å². The van der Waals surface area contributed by atoms with E-state index in [2.05, 4.69) is 43.1 Å². The lowest BCUT2D eigenvalue weighted by molar-refractivity contribution is 0.0580. The molecule has 0 bridgehead atoms. The number of benzene rings is 1. The van der Waals surface area contributed by atoms with Crippen LogP contribution in [0.3, 0.4) is 0 Å². The second-order valence-corrected chi connectivity index (χ2v) is 9.98. The number of H-pyrrole nitrogens is 2. The molecule has 3 aromatic heterocycles. The number of pyridine rings is 1. The highest BCUT2D eigenvalue weighted by molar-refractivity contribution is 5.98. The number of nitrogens with zero attached hydrogens (tertiary/aromatic N) is 3. The quantitative estimate of drug-likeness (QED) is 0.394. The van der Waals surface area contributed by atoms with Crippen LogP contribution in [0.4, 0.5) is 0 Å². The van der Waals surface area contributed by atoms with Crippen molar-refractivity contribution in [3.63, 3.8) is 0 Å². The molecule has 186 valence electrons. The van der Waals surface area contributed by atoms with E-state index in [1.807, 2.05) is 36.7 Å². The van der Waals surface area contributed by atoms with Crippen LogP contribution in [0.1, 0.15) is 48.2 Å². The molecule has 1 atom stereocenters. The summed E-state index contributed by atoms with van der Waals surface area (Å²) in [6.07, 6.45) is 13.6. The van der Waals surface area contributed by atoms with E-state index in [9.17, 15) is 4.79 Å². The molecule has 7 nitrogen and oxygen atoms in total. The monoisotopic (exact) mass is 483 g/mol. The molecule has 0 saturated carbocycles. The van der Waals surface area contributed by atoms with E-state index in [1.165, 1.54) is 22.9 Å². The van der Waals surface area contributed by atoms with Gasteiger partial charge >= 0.3 is 0 Å². The van der Waals surface area contributed by atoms with Crippen molar-refractivity contribution in [2.75, 3.05) is 33.3 Å². The zero-order chi connectivity index (χ0) is 24.5. The van der Waals surface area contributed by atoms with E-state index >= 15 is 0 Å². The minimum Gasteiger partial charge on any atom is -0.497 e. The maximum Gasteiger partial charge on any atom is 0.270 e. The molecule has 1 aromatic carbocycles. The van der Waals surface area contributed by atoms with Gasteiger partial charge in [0.15, 0.2) is 0 Å². The number of fused-ring (bicyclic) bond motifs is 2. The lowest BCUT2D eigenvalue weighted by Crippen LogP contribution is -2.45. The van der Waals surface area contributed by atoms with Gasteiger partial charge in [0, 0.05) is 66.5 Å². The highest BCUT2D eigenvalue weighted by atomic mass is 16.5. The van der Waals surface area contributed by atoms with Crippen molar-refractivity contribution in [2.45, 2.75) is 38.1 Å². The van der Waals surface area contributed by atoms with Crippen LogP contribution in [0.5, 0.6) is 5.75 Å². The number of carbonyl (C=O) groups excluding carboxylic acids is 1. The standard InChI is InChI=1S/C29H33N5O2/c1-36-23-5-6-26-21(16-23)17-27(32-26)29(35)34-12-3-2-4-22(34)10-15-33-13-8-20(9-14-33)25-18-31-28-19-30-11-7-24(25)28/h5-8,11,16-19,22,31-32H,2-4,9-10,12-15H2,1H3/t22-/m0/s1. The second kappa shape index (κ2) is 9.82. The van der Waals surface area contributed by atoms with Crippen LogP contribution in [-0.4, -0.2) is 70.0 Å². The summed E-state index contributed by atoms with van der Waals surface area (Å²) in [4.78, 5) is 29.0. The molecule has 4 aromatic rings. The molecular weight excluding hydrogens is 450 g/mol. The molecule has 2 aliphatic rings. The molecule has 36 heavy (non-hydrogen) atoms. The van der Waals surface area contributed by atoms with E-state index < -0.39 is 0 Å². The first-order chi connectivity index (χ1) is 17.7. The largest absolute Gasteiger partial charge is 0.497 e. The number of hydrogen-bond donors (Lipinski definition) is 2. The van der Waals surface area contributed by atoms with Gasteiger partial charge in [-0.3, -0.25) is 14.7 Å². The van der Waals surface area contributed by atoms with Gasteiger partial charge in [-0.1, -0.05) is 6.08 Å². The first-order valence-electron chi connectivity index (χ1n) is 13.0. The summed E-state index contributed by atoms with van der Waals surface area (Å²) in [5, 5.41) is 2.25. The fourth-order valence-electron chi connectivity index (χ4n) is 5.80. The molecule has 6 rings (SSSR count). The molecular formula is C29H33N5O2. The van der Waals surface area contributed by atoms with Crippen LogP contribution < -0.4 is 4.74 Å². The van der Waals surface area contributed by atoms with E-state index in [0.29, 0.717) is 11.7 Å². The van der Waals surface area contributed by atoms with E-state index in [1.54, 1.807) is 7.11 Å². The van der Waals surface area contributed by atoms with Gasteiger partial charge in [0.05, 0.1) is 18.8 Å². The number of methoxy groups -OCH3 is 1. The number of amides is 1. The lowest BCUT2D eigenvalue weighted by atomic mass is 9.97. The molecule has 1 fully saturated rings. The third-order valence-corrected chi connectivity index (χ3v) is 7.85. The predicted molar refractivity (Wildman–Crippen MR) is 143 cm³/mol. The number of ether oxygens (including phenoxy) is 1. The Morgan fingerprint density at radius 1 is 1.17 bits per heavy atom. The lowest BCUT2D eigenvalue weighted by Gasteiger charge is -2.37. The second-order valence-electron chi connectivity index (χ2n) is 9.98. The Bertz CT molecular complexity index is 1420. The van der Waals surface area contributed by atoms with Crippen LogP contribution in [0, 0.1) is 0 Å². The third-order valence-electron chi connectivity index (χ3n) is 7.85. The highest BCUT2D eigenvalue weighted by Crippen LogP contribution is 2.30. The molecule has 0 spiro atoms. The molecule has 0 aliphatic carbocycles. The van der Waals surface area contributed by atoms with Crippen molar-refractivity contribution in [3.05, 3.63) is 66.3 Å². The minimum atomic E-state index is 0.115. The van der Waals surface area contributed by atoms with Crippen molar-refractivity contribution in [3.8, 4) is 5.75 Å². The van der Waals surface area contributed by atoms with Crippen LogP contribution in [-0.2, 0) is 0 Å². The Hall–Kier alpha value is -3.58. The highest BCUT2D eigenvalue weighted by Gasteiger charge is 2.29. The predicted octanol–water partition coefficient (Wildman–Crippen LogP) is 5.23. The smallest absolute Gasteiger partial charge is 0.270 e. The van der Waals surface area contributed by atoms with Crippen molar-refractivity contribution in [1.29, 1.82) is 0 Å². The maximum absolute atomic E-state index is 13.5. The van der Waals surface area contributed by atoms with Gasteiger partial charge in [0.1, 0.15) is 11.4 Å². The van der Waals surface area contributed by atoms with E-state index in [4.69, 9.17) is 4.74 Å². The summed E-state index contributed by atoms with van der Waals surface area (Å²) < 4.78 is 5.34. The molecule has 1 amide bonds. The van der Waals surface area contributed by atoms with Crippen molar-refractivity contribution >= 4 is 33.3 Å². The average Bonchev–Trinajstić information content (AvgIpc) is 3.56. The van der Waals surface area contributed by atoms with Crippen molar-refractivity contribution in [2.24, 2.45) is 0 Å². The average molecular weight is 484 g/mol. The Kier molecular flexibility index (Phi) is 6.23. The number of aromatic amines is 2. The SMILES string of the molecule is COc1ccc2[nH]c(C(=O)N3CCCC[C@H]3CCN3CC=C(c4c[nH]c5cnccc45)CC3)cc2c1. The number of carbonyl (C=O) groups is 1. The molecule has 0 unspecified atom stereocenters. The fraction of sp³-hybridized carbons (Fsp3) is 0.379. The third kappa shape index (κ3) is 4.39. The van der Waals surface area contributed by atoms with Gasteiger partial charge in [0.25, 0.3) is 5.91 Å². The Balaban J connectivity index is 1.10. The molecule has 1 saturated heterocycles. The van der Waals surface area contributed by atoms with E-state index in [0.717, 1.165) is 74.0 Å². The van der Waals surface area contributed by atoms with E-state index in [-0.39, 0.29) is 5.91 Å². The van der Waals surface area contributed by atoms with Crippen LogP contribution in [0.25, 0.3) is 27.4 Å². The number of hydrogen-bond acceptors (Lipinski definition) is 4. The van der Waals surface area contributed by atoms with Gasteiger partial charge in [-0.25, -0.2) is 0 Å². The van der Waals surface area contributed by atoms with Gasteiger partial charge in [-0.2, -0.15) is 0 Å². The van der Waals surface area contributed by atoms with Crippen molar-refractivity contribution < 1.29 is 9.53 Å². The first kappa shape index (κ1) is 22.9. The molecule has 5 heterocycles. The molecule has 7 heteroatoms. The first-order valence-corrected chi connectivity index (χ1v) is 13.0. The Labute approximate surface area is 211 Å². The number of rotatable bonds is 6.